The van der Waals surface area contributed by atoms with Crippen LogP contribution < -0.4 is 5.32 Å². The molecule has 1 aliphatic carbocycles. The Hall–Kier alpha value is -0.910. The number of hydrogen-bond donors (Lipinski definition) is 1. The fourth-order valence-electron chi connectivity index (χ4n) is 2.39. The van der Waals surface area contributed by atoms with Crippen LogP contribution in [0.3, 0.4) is 0 Å². The molecular formula is C15H24N2O2S. The van der Waals surface area contributed by atoms with E-state index in [-0.39, 0.29) is 11.8 Å². The van der Waals surface area contributed by atoms with Crippen molar-refractivity contribution in [1.82, 2.24) is 9.62 Å². The molecular weight excluding hydrogens is 272 g/mol. The minimum atomic E-state index is -3.20. The number of nitrogens with zero attached hydrogens (tertiary/aromatic N) is 1. The molecule has 4 nitrogen and oxygen atoms in total. The van der Waals surface area contributed by atoms with Crippen LogP contribution >= 0.6 is 0 Å². The molecule has 0 aromatic heterocycles. The Morgan fingerprint density at radius 3 is 2.60 bits per heavy atom. The third-order valence-corrected chi connectivity index (χ3v) is 5.82. The summed E-state index contributed by atoms with van der Waals surface area (Å²) >= 11 is 0. The van der Waals surface area contributed by atoms with E-state index in [4.69, 9.17) is 0 Å². The van der Waals surface area contributed by atoms with Crippen LogP contribution in [-0.4, -0.2) is 32.4 Å². The van der Waals surface area contributed by atoms with E-state index >= 15 is 0 Å². The Morgan fingerprint density at radius 2 is 2.00 bits per heavy atom. The van der Waals surface area contributed by atoms with Gasteiger partial charge in [0, 0.05) is 19.6 Å². The minimum absolute atomic E-state index is 0.0972. The number of nitrogens with one attached hydrogen (secondary N) is 1. The second kappa shape index (κ2) is 6.70. The highest BCUT2D eigenvalue weighted by atomic mass is 32.2. The summed E-state index contributed by atoms with van der Waals surface area (Å²) in [6, 6.07) is 8.04. The number of sulfonamides is 1. The predicted octanol–water partition coefficient (Wildman–Crippen LogP) is 2.11. The van der Waals surface area contributed by atoms with Gasteiger partial charge in [-0.05, 0) is 30.5 Å². The lowest BCUT2D eigenvalue weighted by Gasteiger charge is -2.33. The van der Waals surface area contributed by atoms with E-state index in [1.54, 1.807) is 11.4 Å². The third kappa shape index (κ3) is 3.81. The van der Waals surface area contributed by atoms with E-state index in [0.29, 0.717) is 0 Å². The van der Waals surface area contributed by atoms with Gasteiger partial charge in [-0.3, -0.25) is 0 Å². The lowest BCUT2D eigenvalue weighted by molar-refractivity contribution is 0.249. The van der Waals surface area contributed by atoms with E-state index in [1.807, 2.05) is 24.3 Å². The van der Waals surface area contributed by atoms with Gasteiger partial charge < -0.3 is 5.32 Å². The Bertz CT molecular complexity index is 539. The van der Waals surface area contributed by atoms with Crippen molar-refractivity contribution < 1.29 is 8.42 Å². The van der Waals surface area contributed by atoms with Gasteiger partial charge in [0.05, 0.1) is 5.75 Å². The highest BCUT2D eigenvalue weighted by molar-refractivity contribution is 7.88. The molecule has 0 heterocycles. The van der Waals surface area contributed by atoms with E-state index in [0.717, 1.165) is 43.5 Å². The van der Waals surface area contributed by atoms with Gasteiger partial charge in [0.15, 0.2) is 0 Å². The fraction of sp³-hybridized carbons (Fsp3) is 0.600. The van der Waals surface area contributed by atoms with Crippen LogP contribution in [0, 0.1) is 0 Å². The summed E-state index contributed by atoms with van der Waals surface area (Å²) in [5, 5.41) is 3.25. The molecule has 0 aliphatic heterocycles. The standard InChI is InChI=1S/C15H24N2O2S/c1-3-16-11-13-6-4-7-14(10-13)12-20(18,19)17(2)15-8-5-9-15/h4,6-7,10,15-16H,3,5,8-9,11-12H2,1-2H3. The van der Waals surface area contributed by atoms with Gasteiger partial charge in [0.2, 0.25) is 10.0 Å². The zero-order valence-corrected chi connectivity index (χ0v) is 13.1. The van der Waals surface area contributed by atoms with Crippen LogP contribution in [0.2, 0.25) is 0 Å². The smallest absolute Gasteiger partial charge is 0.218 e. The Morgan fingerprint density at radius 1 is 1.30 bits per heavy atom. The van der Waals surface area contributed by atoms with Gasteiger partial charge in [-0.2, -0.15) is 0 Å². The second-order valence-electron chi connectivity index (χ2n) is 5.46. The summed E-state index contributed by atoms with van der Waals surface area (Å²) in [5.41, 5.74) is 2.00. The first-order valence-corrected chi connectivity index (χ1v) is 8.88. The molecule has 1 aromatic rings. The van der Waals surface area contributed by atoms with Crippen molar-refractivity contribution in [3.05, 3.63) is 35.4 Å². The van der Waals surface area contributed by atoms with Gasteiger partial charge in [-0.1, -0.05) is 37.6 Å². The molecule has 5 heteroatoms. The molecule has 1 saturated carbocycles. The zero-order valence-electron chi connectivity index (χ0n) is 12.3. The summed E-state index contributed by atoms with van der Waals surface area (Å²) in [6.07, 6.45) is 3.13. The second-order valence-corrected chi connectivity index (χ2v) is 7.49. The Kier molecular flexibility index (Phi) is 5.18. The van der Waals surface area contributed by atoms with Gasteiger partial charge in [0.25, 0.3) is 0 Å². The maximum Gasteiger partial charge on any atom is 0.218 e. The highest BCUT2D eigenvalue weighted by Crippen LogP contribution is 2.26. The van der Waals surface area contributed by atoms with Crippen LogP contribution in [0.4, 0.5) is 0 Å². The van der Waals surface area contributed by atoms with Crippen molar-refractivity contribution in [1.29, 1.82) is 0 Å². The van der Waals surface area contributed by atoms with Gasteiger partial charge >= 0.3 is 0 Å². The predicted molar refractivity (Wildman–Crippen MR) is 81.8 cm³/mol. The topological polar surface area (TPSA) is 49.4 Å². The lowest BCUT2D eigenvalue weighted by Crippen LogP contribution is -2.41. The quantitative estimate of drug-likeness (QED) is 0.838. The lowest BCUT2D eigenvalue weighted by atomic mass is 9.94. The van der Waals surface area contributed by atoms with E-state index in [1.165, 1.54) is 0 Å². The van der Waals surface area contributed by atoms with Crippen molar-refractivity contribution in [2.75, 3.05) is 13.6 Å². The summed E-state index contributed by atoms with van der Waals surface area (Å²) in [7, 11) is -1.49. The normalized spacial score (nSPS) is 16.4. The maximum absolute atomic E-state index is 12.4. The Labute approximate surface area is 122 Å². The van der Waals surface area contributed by atoms with Crippen LogP contribution in [0.15, 0.2) is 24.3 Å². The molecule has 20 heavy (non-hydrogen) atoms. The summed E-state index contributed by atoms with van der Waals surface area (Å²) < 4.78 is 26.3. The van der Waals surface area contributed by atoms with Crippen LogP contribution in [-0.2, 0) is 22.3 Å². The molecule has 0 atom stereocenters. The first kappa shape index (κ1) is 15.5. The monoisotopic (exact) mass is 296 g/mol. The molecule has 2 rings (SSSR count). The molecule has 0 radical (unpaired) electrons. The minimum Gasteiger partial charge on any atom is -0.313 e. The van der Waals surface area contributed by atoms with E-state index < -0.39 is 10.0 Å². The van der Waals surface area contributed by atoms with Crippen molar-refractivity contribution in [2.45, 2.75) is 44.5 Å². The van der Waals surface area contributed by atoms with Gasteiger partial charge in [-0.15, -0.1) is 0 Å². The number of hydrogen-bond acceptors (Lipinski definition) is 3. The molecule has 0 saturated heterocycles. The van der Waals surface area contributed by atoms with Crippen LogP contribution in [0.1, 0.15) is 37.3 Å². The average Bonchev–Trinajstić information content (AvgIpc) is 2.34. The summed E-state index contributed by atoms with van der Waals surface area (Å²) in [4.78, 5) is 0. The zero-order chi connectivity index (χ0) is 14.6. The largest absolute Gasteiger partial charge is 0.313 e. The SMILES string of the molecule is CCNCc1cccc(CS(=O)(=O)N(C)C2CCC2)c1. The van der Waals surface area contributed by atoms with Gasteiger partial charge in [-0.25, -0.2) is 12.7 Å². The first-order chi connectivity index (χ1) is 9.53. The average molecular weight is 296 g/mol. The summed E-state index contributed by atoms with van der Waals surface area (Å²) in [5.74, 6) is 0.0972. The molecule has 0 spiro atoms. The van der Waals surface area contributed by atoms with Crippen LogP contribution in [0.25, 0.3) is 0 Å². The van der Waals surface area contributed by atoms with E-state index in [9.17, 15) is 8.42 Å². The molecule has 0 amide bonds. The maximum atomic E-state index is 12.4. The number of benzene rings is 1. The molecule has 112 valence electrons. The molecule has 0 unspecified atom stereocenters. The third-order valence-electron chi connectivity index (χ3n) is 3.95. The van der Waals surface area contributed by atoms with Crippen molar-refractivity contribution in [2.24, 2.45) is 0 Å². The molecule has 1 N–H and O–H groups in total. The first-order valence-electron chi connectivity index (χ1n) is 7.27. The van der Waals surface area contributed by atoms with Crippen molar-refractivity contribution in [3.63, 3.8) is 0 Å². The molecule has 1 aromatic carbocycles. The fourth-order valence-corrected chi connectivity index (χ4v) is 3.86. The van der Waals surface area contributed by atoms with Crippen LogP contribution in [0.5, 0.6) is 0 Å². The van der Waals surface area contributed by atoms with Crippen molar-refractivity contribution >= 4 is 10.0 Å². The highest BCUT2D eigenvalue weighted by Gasteiger charge is 2.30. The number of rotatable bonds is 7. The van der Waals surface area contributed by atoms with Crippen molar-refractivity contribution in [3.8, 4) is 0 Å². The van der Waals surface area contributed by atoms with Gasteiger partial charge in [0.1, 0.15) is 0 Å². The molecule has 1 fully saturated rings. The Balaban J connectivity index is 2.04. The molecule has 0 bridgehead atoms. The molecule has 1 aliphatic rings. The summed E-state index contributed by atoms with van der Waals surface area (Å²) in [6.45, 7) is 3.75. The van der Waals surface area contributed by atoms with E-state index in [2.05, 4.69) is 12.2 Å².